The third kappa shape index (κ3) is 4.08. The number of piperidine rings is 1. The van der Waals surface area contributed by atoms with E-state index < -0.39 is 0 Å². The number of aliphatic hydroxyl groups excluding tert-OH is 1. The maximum atomic E-state index is 11.5. The summed E-state index contributed by atoms with van der Waals surface area (Å²) in [5.41, 5.74) is 0. The molecule has 1 saturated heterocycles. The van der Waals surface area contributed by atoms with Crippen LogP contribution in [0.25, 0.3) is 0 Å². The van der Waals surface area contributed by atoms with E-state index in [-0.39, 0.29) is 18.6 Å². The van der Waals surface area contributed by atoms with E-state index in [9.17, 15) is 4.79 Å². The third-order valence-electron chi connectivity index (χ3n) is 2.85. The minimum absolute atomic E-state index is 0.0421. The SMILES string of the molecule is COC(=O)[C@H]1CCCCN1CCOCCO. The van der Waals surface area contributed by atoms with Crippen molar-refractivity contribution in [2.45, 2.75) is 25.3 Å². The van der Waals surface area contributed by atoms with Gasteiger partial charge < -0.3 is 14.6 Å². The van der Waals surface area contributed by atoms with Crippen LogP contribution < -0.4 is 0 Å². The number of aliphatic hydroxyl groups is 1. The first-order valence-electron chi connectivity index (χ1n) is 5.80. The van der Waals surface area contributed by atoms with Crippen LogP contribution in [0.3, 0.4) is 0 Å². The molecule has 16 heavy (non-hydrogen) atoms. The van der Waals surface area contributed by atoms with Gasteiger partial charge in [0.05, 0.1) is 26.9 Å². The highest BCUT2D eigenvalue weighted by molar-refractivity contribution is 5.75. The fourth-order valence-electron chi connectivity index (χ4n) is 2.01. The summed E-state index contributed by atoms with van der Waals surface area (Å²) in [6.45, 7) is 2.59. The topological polar surface area (TPSA) is 59.0 Å². The molecule has 1 aliphatic heterocycles. The fraction of sp³-hybridized carbons (Fsp3) is 0.909. The van der Waals surface area contributed by atoms with E-state index in [4.69, 9.17) is 14.6 Å². The van der Waals surface area contributed by atoms with Crippen molar-refractivity contribution in [2.24, 2.45) is 0 Å². The van der Waals surface area contributed by atoms with Crippen LogP contribution in [0.4, 0.5) is 0 Å². The van der Waals surface area contributed by atoms with Gasteiger partial charge in [0, 0.05) is 6.54 Å². The number of carbonyl (C=O) groups is 1. The van der Waals surface area contributed by atoms with E-state index >= 15 is 0 Å². The first-order valence-corrected chi connectivity index (χ1v) is 5.80. The number of ether oxygens (including phenoxy) is 2. The summed E-state index contributed by atoms with van der Waals surface area (Å²) in [6, 6.07) is -0.114. The molecule has 0 unspecified atom stereocenters. The first kappa shape index (κ1) is 13.4. The van der Waals surface area contributed by atoms with E-state index in [1.807, 2.05) is 0 Å². The molecule has 0 bridgehead atoms. The molecule has 0 aromatic carbocycles. The lowest BCUT2D eigenvalue weighted by Crippen LogP contribution is -2.46. The quantitative estimate of drug-likeness (QED) is 0.516. The van der Waals surface area contributed by atoms with Gasteiger partial charge in [-0.15, -0.1) is 0 Å². The molecule has 94 valence electrons. The number of nitrogens with zero attached hydrogens (tertiary/aromatic N) is 1. The molecule has 0 aromatic rings. The molecule has 0 aliphatic carbocycles. The Morgan fingerprint density at radius 2 is 2.25 bits per heavy atom. The van der Waals surface area contributed by atoms with Crippen LogP contribution in [-0.2, 0) is 14.3 Å². The molecule has 0 saturated carbocycles. The minimum atomic E-state index is -0.151. The van der Waals surface area contributed by atoms with Gasteiger partial charge in [-0.25, -0.2) is 0 Å². The Hall–Kier alpha value is -0.650. The normalized spacial score (nSPS) is 22.0. The number of hydrogen-bond acceptors (Lipinski definition) is 5. The van der Waals surface area contributed by atoms with Gasteiger partial charge in [-0.2, -0.15) is 0 Å². The van der Waals surface area contributed by atoms with Gasteiger partial charge in [0.15, 0.2) is 0 Å². The largest absolute Gasteiger partial charge is 0.468 e. The van der Waals surface area contributed by atoms with Crippen molar-refractivity contribution in [3.05, 3.63) is 0 Å². The molecule has 0 amide bonds. The third-order valence-corrected chi connectivity index (χ3v) is 2.85. The van der Waals surface area contributed by atoms with Crippen molar-refractivity contribution >= 4 is 5.97 Å². The Bertz CT molecular complexity index is 210. The lowest BCUT2D eigenvalue weighted by molar-refractivity contribution is -0.148. The standard InChI is InChI=1S/C11H21NO4/c1-15-11(14)10-4-2-3-5-12(10)6-8-16-9-7-13/h10,13H,2-9H2,1H3/t10-/m1/s1. The summed E-state index contributed by atoms with van der Waals surface area (Å²) >= 11 is 0. The van der Waals surface area contributed by atoms with Crippen LogP contribution >= 0.6 is 0 Å². The number of esters is 1. The zero-order valence-electron chi connectivity index (χ0n) is 9.85. The highest BCUT2D eigenvalue weighted by Crippen LogP contribution is 2.17. The molecular formula is C11H21NO4. The van der Waals surface area contributed by atoms with Gasteiger partial charge >= 0.3 is 5.97 Å². The van der Waals surface area contributed by atoms with Gasteiger partial charge in [-0.1, -0.05) is 6.42 Å². The van der Waals surface area contributed by atoms with E-state index in [0.717, 1.165) is 32.4 Å². The van der Waals surface area contributed by atoms with Gasteiger partial charge in [0.2, 0.25) is 0 Å². The monoisotopic (exact) mass is 231 g/mol. The van der Waals surface area contributed by atoms with Crippen molar-refractivity contribution in [3.63, 3.8) is 0 Å². The summed E-state index contributed by atoms with van der Waals surface area (Å²) in [5, 5.41) is 8.57. The summed E-state index contributed by atoms with van der Waals surface area (Å²) < 4.78 is 9.99. The second kappa shape index (κ2) is 7.60. The van der Waals surface area contributed by atoms with Gasteiger partial charge in [-0.3, -0.25) is 9.69 Å². The molecular weight excluding hydrogens is 210 g/mol. The zero-order valence-corrected chi connectivity index (χ0v) is 9.85. The molecule has 5 nitrogen and oxygen atoms in total. The van der Waals surface area contributed by atoms with E-state index in [1.165, 1.54) is 7.11 Å². The lowest BCUT2D eigenvalue weighted by atomic mass is 10.0. The molecule has 1 atom stereocenters. The predicted octanol–water partition coefficient (Wildman–Crippen LogP) is 0.0228. The molecule has 1 N–H and O–H groups in total. The van der Waals surface area contributed by atoms with Crippen molar-refractivity contribution in [2.75, 3.05) is 40.0 Å². The first-order chi connectivity index (χ1) is 7.79. The van der Waals surface area contributed by atoms with E-state index in [0.29, 0.717) is 13.2 Å². The zero-order chi connectivity index (χ0) is 11.8. The molecule has 0 radical (unpaired) electrons. The van der Waals surface area contributed by atoms with Crippen molar-refractivity contribution in [1.29, 1.82) is 0 Å². The van der Waals surface area contributed by atoms with Crippen molar-refractivity contribution < 1.29 is 19.4 Å². The Morgan fingerprint density at radius 3 is 2.94 bits per heavy atom. The van der Waals surface area contributed by atoms with Crippen molar-refractivity contribution in [3.8, 4) is 0 Å². The summed E-state index contributed by atoms with van der Waals surface area (Å²) in [7, 11) is 1.43. The maximum Gasteiger partial charge on any atom is 0.323 e. The number of rotatable bonds is 6. The summed E-state index contributed by atoms with van der Waals surface area (Å²) in [5.74, 6) is -0.151. The van der Waals surface area contributed by atoms with E-state index in [2.05, 4.69) is 4.90 Å². The predicted molar refractivity (Wildman–Crippen MR) is 59.1 cm³/mol. The number of methoxy groups -OCH3 is 1. The Labute approximate surface area is 96.3 Å². The van der Waals surface area contributed by atoms with Crippen molar-refractivity contribution in [1.82, 2.24) is 4.90 Å². The van der Waals surface area contributed by atoms with Crippen LogP contribution in [0.5, 0.6) is 0 Å². The number of hydrogen-bond donors (Lipinski definition) is 1. The van der Waals surface area contributed by atoms with E-state index in [1.54, 1.807) is 0 Å². The fourth-order valence-corrected chi connectivity index (χ4v) is 2.01. The number of carbonyl (C=O) groups excluding carboxylic acids is 1. The van der Waals surface area contributed by atoms with Crippen LogP contribution in [0.2, 0.25) is 0 Å². The van der Waals surface area contributed by atoms with Crippen LogP contribution in [-0.4, -0.2) is 62.0 Å². The Morgan fingerprint density at radius 1 is 1.44 bits per heavy atom. The Balaban J connectivity index is 2.32. The van der Waals surface area contributed by atoms with Crippen LogP contribution in [0.1, 0.15) is 19.3 Å². The molecule has 0 spiro atoms. The molecule has 1 fully saturated rings. The van der Waals surface area contributed by atoms with Gasteiger partial charge in [-0.05, 0) is 19.4 Å². The average molecular weight is 231 g/mol. The molecule has 0 aromatic heterocycles. The highest BCUT2D eigenvalue weighted by Gasteiger charge is 2.28. The average Bonchev–Trinajstić information content (AvgIpc) is 2.34. The molecule has 1 rings (SSSR count). The van der Waals surface area contributed by atoms with Crippen LogP contribution in [0.15, 0.2) is 0 Å². The summed E-state index contributed by atoms with van der Waals surface area (Å²) in [6.07, 6.45) is 3.06. The molecule has 1 aliphatic rings. The highest BCUT2D eigenvalue weighted by atomic mass is 16.5. The van der Waals surface area contributed by atoms with Crippen LogP contribution in [0, 0.1) is 0 Å². The lowest BCUT2D eigenvalue weighted by Gasteiger charge is -2.33. The van der Waals surface area contributed by atoms with Gasteiger partial charge in [0.1, 0.15) is 6.04 Å². The second-order valence-corrected chi connectivity index (χ2v) is 3.91. The molecule has 5 heteroatoms. The smallest absolute Gasteiger partial charge is 0.323 e. The maximum absolute atomic E-state index is 11.5. The second-order valence-electron chi connectivity index (χ2n) is 3.91. The Kier molecular flexibility index (Phi) is 6.37. The number of likely N-dealkylation sites (tertiary alicyclic amines) is 1. The molecule has 1 heterocycles. The van der Waals surface area contributed by atoms with Gasteiger partial charge in [0.25, 0.3) is 0 Å². The summed E-state index contributed by atoms with van der Waals surface area (Å²) in [4.78, 5) is 13.6. The minimum Gasteiger partial charge on any atom is -0.468 e.